The van der Waals surface area contributed by atoms with Crippen LogP contribution in [-0.2, 0) is 32.0 Å². The number of carbonyl (C=O) groups is 4. The van der Waals surface area contributed by atoms with E-state index in [1.54, 1.807) is 19.1 Å². The number of ether oxygens (including phenoxy) is 1. The third kappa shape index (κ3) is 5.46. The largest absolute Gasteiger partial charge is 0.462 e. The summed E-state index contributed by atoms with van der Waals surface area (Å²) in [5.74, 6) is -0.616. The fourth-order valence-electron chi connectivity index (χ4n) is 4.45. The molecule has 9 heteroatoms. The molecule has 1 saturated heterocycles. The highest BCUT2D eigenvalue weighted by Crippen LogP contribution is 2.45. The SMILES string of the molecule is CCCC(=O)Nc1ccc(S[C@H]2CC(=O)N(c3sc4c(c3C(=O)OCC)CC[C@@H](C)C4)C2=O)cc1. The van der Waals surface area contributed by atoms with Crippen molar-refractivity contribution in [2.45, 2.75) is 69.4 Å². The van der Waals surface area contributed by atoms with E-state index in [1.165, 1.54) is 28.0 Å². The van der Waals surface area contributed by atoms with Crippen molar-refractivity contribution in [1.29, 1.82) is 0 Å². The van der Waals surface area contributed by atoms with Crippen LogP contribution in [0, 0.1) is 5.92 Å². The van der Waals surface area contributed by atoms with Crippen molar-refractivity contribution in [3.63, 3.8) is 0 Å². The summed E-state index contributed by atoms with van der Waals surface area (Å²) in [6, 6.07) is 7.26. The van der Waals surface area contributed by atoms with Gasteiger partial charge in [0.1, 0.15) is 5.00 Å². The van der Waals surface area contributed by atoms with E-state index in [1.807, 2.05) is 19.1 Å². The molecule has 2 aliphatic rings. The van der Waals surface area contributed by atoms with Gasteiger partial charge in [-0.15, -0.1) is 23.1 Å². The van der Waals surface area contributed by atoms with Crippen molar-refractivity contribution < 1.29 is 23.9 Å². The zero-order valence-electron chi connectivity index (χ0n) is 20.2. The van der Waals surface area contributed by atoms with Crippen LogP contribution in [0.5, 0.6) is 0 Å². The lowest BCUT2D eigenvalue weighted by molar-refractivity contribution is -0.121. The average molecular weight is 515 g/mol. The summed E-state index contributed by atoms with van der Waals surface area (Å²) in [6.45, 7) is 6.10. The molecule has 186 valence electrons. The quantitative estimate of drug-likeness (QED) is 0.384. The van der Waals surface area contributed by atoms with Gasteiger partial charge in [-0.1, -0.05) is 13.8 Å². The van der Waals surface area contributed by atoms with E-state index >= 15 is 0 Å². The number of nitrogens with one attached hydrogen (secondary N) is 1. The first kappa shape index (κ1) is 25.4. The summed E-state index contributed by atoms with van der Waals surface area (Å²) in [5.41, 5.74) is 2.01. The molecular formula is C26H30N2O5S2. The predicted molar refractivity (Wildman–Crippen MR) is 138 cm³/mol. The number of carbonyl (C=O) groups excluding carboxylic acids is 4. The summed E-state index contributed by atoms with van der Waals surface area (Å²) in [6.07, 6.45) is 3.85. The van der Waals surface area contributed by atoms with Gasteiger partial charge >= 0.3 is 5.97 Å². The van der Waals surface area contributed by atoms with Gasteiger partial charge in [0.05, 0.1) is 17.4 Å². The number of thiophene rings is 1. The highest BCUT2D eigenvalue weighted by atomic mass is 32.2. The third-order valence-corrected chi connectivity index (χ3v) is 8.61. The van der Waals surface area contributed by atoms with E-state index < -0.39 is 11.2 Å². The molecule has 0 radical (unpaired) electrons. The number of benzene rings is 1. The van der Waals surface area contributed by atoms with E-state index in [4.69, 9.17) is 4.74 Å². The molecule has 0 bridgehead atoms. The molecule has 1 aromatic carbocycles. The second-order valence-corrected chi connectivity index (χ2v) is 11.3. The smallest absolute Gasteiger partial charge is 0.341 e. The fourth-order valence-corrected chi connectivity index (χ4v) is 7.02. The van der Waals surface area contributed by atoms with Gasteiger partial charge < -0.3 is 10.1 Å². The number of hydrogen-bond acceptors (Lipinski definition) is 7. The molecule has 0 saturated carbocycles. The van der Waals surface area contributed by atoms with Crippen LogP contribution in [0.15, 0.2) is 29.2 Å². The van der Waals surface area contributed by atoms with Crippen molar-refractivity contribution in [2.24, 2.45) is 5.92 Å². The number of rotatable bonds is 8. The van der Waals surface area contributed by atoms with Gasteiger partial charge in [-0.25, -0.2) is 9.69 Å². The highest BCUT2D eigenvalue weighted by molar-refractivity contribution is 8.00. The van der Waals surface area contributed by atoms with Gasteiger partial charge in [0.25, 0.3) is 0 Å². The van der Waals surface area contributed by atoms with Gasteiger partial charge in [0.15, 0.2) is 0 Å². The van der Waals surface area contributed by atoms with Gasteiger partial charge in [-0.05, 0) is 68.4 Å². The lowest BCUT2D eigenvalue weighted by Gasteiger charge is -2.18. The van der Waals surface area contributed by atoms with Crippen LogP contribution in [0.4, 0.5) is 10.7 Å². The Morgan fingerprint density at radius 1 is 1.17 bits per heavy atom. The van der Waals surface area contributed by atoms with Crippen LogP contribution in [0.3, 0.4) is 0 Å². The van der Waals surface area contributed by atoms with Crippen LogP contribution < -0.4 is 10.2 Å². The molecule has 1 fully saturated rings. The van der Waals surface area contributed by atoms with Crippen molar-refractivity contribution in [2.75, 3.05) is 16.8 Å². The molecule has 1 aliphatic carbocycles. The maximum atomic E-state index is 13.4. The van der Waals surface area contributed by atoms with Crippen molar-refractivity contribution in [3.8, 4) is 0 Å². The molecule has 3 amide bonds. The predicted octanol–water partition coefficient (Wildman–Crippen LogP) is 5.21. The van der Waals surface area contributed by atoms with Crippen LogP contribution in [0.1, 0.15) is 67.3 Å². The fraction of sp³-hybridized carbons (Fsp3) is 0.462. The number of thioether (sulfide) groups is 1. The Hall–Kier alpha value is -2.65. The number of esters is 1. The average Bonchev–Trinajstić information content (AvgIpc) is 3.31. The summed E-state index contributed by atoms with van der Waals surface area (Å²) in [4.78, 5) is 54.2. The number of hydrogen-bond donors (Lipinski definition) is 1. The van der Waals surface area contributed by atoms with Crippen molar-refractivity contribution in [1.82, 2.24) is 0 Å². The molecule has 7 nitrogen and oxygen atoms in total. The summed E-state index contributed by atoms with van der Waals surface area (Å²) < 4.78 is 5.31. The molecule has 4 rings (SSSR count). The number of nitrogens with zero attached hydrogens (tertiary/aromatic N) is 1. The zero-order chi connectivity index (χ0) is 25.1. The zero-order valence-corrected chi connectivity index (χ0v) is 21.9. The molecule has 2 aromatic rings. The van der Waals surface area contributed by atoms with Gasteiger partial charge in [-0.2, -0.15) is 0 Å². The molecule has 35 heavy (non-hydrogen) atoms. The first-order valence-corrected chi connectivity index (χ1v) is 13.8. The minimum Gasteiger partial charge on any atom is -0.462 e. The van der Waals surface area contributed by atoms with E-state index in [0.717, 1.165) is 41.0 Å². The minimum absolute atomic E-state index is 0.0365. The Balaban J connectivity index is 1.54. The Bertz CT molecular complexity index is 1140. The molecule has 1 aromatic heterocycles. The Labute approximate surface area is 213 Å². The first-order chi connectivity index (χ1) is 16.8. The molecule has 2 atom stereocenters. The lowest BCUT2D eigenvalue weighted by atomic mass is 9.88. The molecule has 0 unspecified atom stereocenters. The van der Waals surface area contributed by atoms with Gasteiger partial charge in [0, 0.05) is 28.3 Å². The van der Waals surface area contributed by atoms with Crippen molar-refractivity contribution in [3.05, 3.63) is 40.3 Å². The van der Waals surface area contributed by atoms with E-state index in [2.05, 4.69) is 12.2 Å². The van der Waals surface area contributed by atoms with Crippen LogP contribution in [0.2, 0.25) is 0 Å². The van der Waals surface area contributed by atoms with Gasteiger partial charge in [-0.3, -0.25) is 14.4 Å². The molecule has 2 heterocycles. The number of anilines is 2. The second-order valence-electron chi connectivity index (χ2n) is 8.95. The molecule has 1 N–H and O–H groups in total. The Morgan fingerprint density at radius 3 is 2.60 bits per heavy atom. The number of imide groups is 1. The van der Waals surface area contributed by atoms with Crippen LogP contribution >= 0.6 is 23.1 Å². The van der Waals surface area contributed by atoms with Crippen LogP contribution in [0.25, 0.3) is 0 Å². The van der Waals surface area contributed by atoms with Crippen LogP contribution in [-0.4, -0.2) is 35.5 Å². The number of fused-ring (bicyclic) bond motifs is 1. The molecule has 0 spiro atoms. The lowest BCUT2D eigenvalue weighted by Crippen LogP contribution is -2.32. The minimum atomic E-state index is -0.573. The Kier molecular flexibility index (Phi) is 7.96. The van der Waals surface area contributed by atoms with E-state index in [9.17, 15) is 19.2 Å². The highest BCUT2D eigenvalue weighted by Gasteiger charge is 2.44. The molecule has 1 aliphatic heterocycles. The van der Waals surface area contributed by atoms with Gasteiger partial charge in [0.2, 0.25) is 17.7 Å². The number of amides is 3. The standard InChI is InChI=1S/C26H30N2O5S2/c1-4-6-21(29)27-16-8-10-17(11-9-16)34-20-14-22(30)28(24(20)31)25-23(26(32)33-5-2)18-12-7-15(3)13-19(18)35-25/h8-11,15,20H,4-7,12-14H2,1-3H3,(H,27,29)/t15-,20+/m1/s1. The maximum Gasteiger partial charge on any atom is 0.341 e. The maximum absolute atomic E-state index is 13.4. The van der Waals surface area contributed by atoms with Crippen molar-refractivity contribution >= 4 is 57.5 Å². The van der Waals surface area contributed by atoms with E-state index in [0.29, 0.717) is 28.6 Å². The summed E-state index contributed by atoms with van der Waals surface area (Å²) in [7, 11) is 0. The summed E-state index contributed by atoms with van der Waals surface area (Å²) >= 11 is 2.70. The Morgan fingerprint density at radius 2 is 1.91 bits per heavy atom. The first-order valence-electron chi connectivity index (χ1n) is 12.1. The third-order valence-electron chi connectivity index (χ3n) is 6.17. The normalized spacial score (nSPS) is 19.6. The van der Waals surface area contributed by atoms with E-state index in [-0.39, 0.29) is 30.7 Å². The molecular weight excluding hydrogens is 484 g/mol. The summed E-state index contributed by atoms with van der Waals surface area (Å²) in [5, 5.41) is 2.68. The second kappa shape index (κ2) is 11.0. The topological polar surface area (TPSA) is 92.8 Å². The monoisotopic (exact) mass is 514 g/mol.